The van der Waals surface area contributed by atoms with E-state index < -0.39 is 0 Å². The summed E-state index contributed by atoms with van der Waals surface area (Å²) in [6, 6.07) is 6.69. The Kier molecular flexibility index (Phi) is 4.27. The first-order valence-electron chi connectivity index (χ1n) is 6.20. The van der Waals surface area contributed by atoms with Gasteiger partial charge in [-0.1, -0.05) is 11.6 Å². The summed E-state index contributed by atoms with van der Waals surface area (Å²) >= 11 is 5.82. The second-order valence-corrected chi connectivity index (χ2v) is 4.82. The lowest BCUT2D eigenvalue weighted by Gasteiger charge is -2.17. The number of carbonyl (C=O) groups excluding carboxylic acids is 2. The molecule has 0 unspecified atom stereocenters. The van der Waals surface area contributed by atoms with Crippen LogP contribution in [0.3, 0.4) is 0 Å². The lowest BCUT2D eigenvalue weighted by atomic mass is 10.2. The second-order valence-electron chi connectivity index (χ2n) is 4.39. The Bertz CT molecular complexity index is 475. The Morgan fingerprint density at radius 2 is 2.11 bits per heavy atom. The molecule has 2 rings (SSSR count). The zero-order valence-electron chi connectivity index (χ0n) is 10.6. The van der Waals surface area contributed by atoms with Gasteiger partial charge in [0.2, 0.25) is 5.91 Å². The molecular formula is C13H16ClN3O2. The van der Waals surface area contributed by atoms with Crippen LogP contribution in [0.1, 0.15) is 13.3 Å². The first-order valence-corrected chi connectivity index (χ1v) is 6.58. The molecule has 5 nitrogen and oxygen atoms in total. The molecule has 1 saturated heterocycles. The van der Waals surface area contributed by atoms with Gasteiger partial charge in [-0.2, -0.15) is 0 Å². The van der Waals surface area contributed by atoms with E-state index in [0.29, 0.717) is 24.5 Å². The van der Waals surface area contributed by atoms with E-state index in [4.69, 9.17) is 11.6 Å². The maximum absolute atomic E-state index is 11.9. The number of carbonyl (C=O) groups is 2. The van der Waals surface area contributed by atoms with E-state index in [1.54, 1.807) is 29.2 Å². The van der Waals surface area contributed by atoms with E-state index in [2.05, 4.69) is 10.6 Å². The van der Waals surface area contributed by atoms with E-state index in [0.717, 1.165) is 5.69 Å². The van der Waals surface area contributed by atoms with E-state index >= 15 is 0 Å². The summed E-state index contributed by atoms with van der Waals surface area (Å²) in [6.07, 6.45) is 0.319. The standard InChI is InChI=1S/C13H16ClN3O2/c1-2-15-13(19)16-10-7-12(18)17(8-10)11-5-3-9(14)4-6-11/h3-6,10H,2,7-8H2,1H3,(H2,15,16,19)/t10-/m1/s1. The molecule has 0 saturated carbocycles. The third kappa shape index (κ3) is 3.38. The van der Waals surface area contributed by atoms with Crippen molar-refractivity contribution in [3.63, 3.8) is 0 Å². The van der Waals surface area contributed by atoms with Gasteiger partial charge in [-0.25, -0.2) is 4.79 Å². The highest BCUT2D eigenvalue weighted by Gasteiger charge is 2.31. The van der Waals surface area contributed by atoms with Crippen LogP contribution in [0.15, 0.2) is 24.3 Å². The van der Waals surface area contributed by atoms with Crippen LogP contribution in [-0.4, -0.2) is 31.1 Å². The van der Waals surface area contributed by atoms with Gasteiger partial charge in [-0.15, -0.1) is 0 Å². The minimum Gasteiger partial charge on any atom is -0.338 e. The molecule has 0 bridgehead atoms. The fourth-order valence-electron chi connectivity index (χ4n) is 2.07. The van der Waals surface area contributed by atoms with Crippen molar-refractivity contribution in [2.24, 2.45) is 0 Å². The molecule has 1 atom stereocenters. The molecule has 0 radical (unpaired) electrons. The zero-order valence-corrected chi connectivity index (χ0v) is 11.4. The van der Waals surface area contributed by atoms with Crippen LogP contribution in [0.5, 0.6) is 0 Å². The molecule has 6 heteroatoms. The molecule has 3 amide bonds. The van der Waals surface area contributed by atoms with Crippen LogP contribution >= 0.6 is 11.6 Å². The molecule has 0 aromatic heterocycles. The lowest BCUT2D eigenvalue weighted by Crippen LogP contribution is -2.43. The number of nitrogens with one attached hydrogen (secondary N) is 2. The Balaban J connectivity index is 1.99. The van der Waals surface area contributed by atoms with Crippen LogP contribution in [0, 0.1) is 0 Å². The van der Waals surface area contributed by atoms with Crippen molar-refractivity contribution >= 4 is 29.2 Å². The number of amides is 3. The molecule has 2 N–H and O–H groups in total. The number of benzene rings is 1. The van der Waals surface area contributed by atoms with Crippen LogP contribution in [0.4, 0.5) is 10.5 Å². The average Bonchev–Trinajstić information content (AvgIpc) is 2.71. The minimum absolute atomic E-state index is 0.00382. The number of nitrogens with zero attached hydrogens (tertiary/aromatic N) is 1. The van der Waals surface area contributed by atoms with Crippen molar-refractivity contribution < 1.29 is 9.59 Å². The first kappa shape index (κ1) is 13.7. The van der Waals surface area contributed by atoms with Crippen molar-refractivity contribution in [3.05, 3.63) is 29.3 Å². The predicted octanol–water partition coefficient (Wildman–Crippen LogP) is 1.76. The number of rotatable bonds is 3. The maximum Gasteiger partial charge on any atom is 0.315 e. The summed E-state index contributed by atoms with van der Waals surface area (Å²) in [6.45, 7) is 2.89. The van der Waals surface area contributed by atoms with Gasteiger partial charge in [0.1, 0.15) is 0 Å². The Morgan fingerprint density at radius 3 is 2.74 bits per heavy atom. The molecule has 19 heavy (non-hydrogen) atoms. The summed E-state index contributed by atoms with van der Waals surface area (Å²) in [5.41, 5.74) is 0.801. The highest BCUT2D eigenvalue weighted by Crippen LogP contribution is 2.23. The molecule has 102 valence electrons. The molecule has 1 heterocycles. The smallest absolute Gasteiger partial charge is 0.315 e. The molecule has 1 aliphatic rings. The number of urea groups is 1. The van der Waals surface area contributed by atoms with E-state index in [9.17, 15) is 9.59 Å². The Hall–Kier alpha value is -1.75. The van der Waals surface area contributed by atoms with Crippen molar-refractivity contribution in [1.82, 2.24) is 10.6 Å². The van der Waals surface area contributed by atoms with Gasteiger partial charge < -0.3 is 15.5 Å². The van der Waals surface area contributed by atoms with E-state index in [1.807, 2.05) is 6.92 Å². The predicted molar refractivity (Wildman–Crippen MR) is 74.4 cm³/mol. The van der Waals surface area contributed by atoms with Gasteiger partial charge in [-0.3, -0.25) is 4.79 Å². The van der Waals surface area contributed by atoms with Gasteiger partial charge in [0.25, 0.3) is 0 Å². The van der Waals surface area contributed by atoms with Crippen molar-refractivity contribution in [2.75, 3.05) is 18.0 Å². The molecule has 1 aromatic carbocycles. The third-order valence-corrected chi connectivity index (χ3v) is 3.19. The van der Waals surface area contributed by atoms with Gasteiger partial charge in [-0.05, 0) is 31.2 Å². The molecule has 1 fully saturated rings. The zero-order chi connectivity index (χ0) is 13.8. The maximum atomic E-state index is 11.9. The van der Waals surface area contributed by atoms with Crippen LogP contribution in [0.2, 0.25) is 5.02 Å². The molecule has 1 aromatic rings. The Labute approximate surface area is 116 Å². The monoisotopic (exact) mass is 281 g/mol. The van der Waals surface area contributed by atoms with Crippen molar-refractivity contribution in [2.45, 2.75) is 19.4 Å². The minimum atomic E-state index is -0.238. The first-order chi connectivity index (χ1) is 9.10. The molecule has 1 aliphatic heterocycles. The van der Waals surface area contributed by atoms with Gasteiger partial charge in [0.15, 0.2) is 0 Å². The van der Waals surface area contributed by atoms with Gasteiger partial charge >= 0.3 is 6.03 Å². The van der Waals surface area contributed by atoms with Crippen molar-refractivity contribution in [1.29, 1.82) is 0 Å². The molecule has 0 spiro atoms. The van der Waals surface area contributed by atoms with E-state index in [-0.39, 0.29) is 18.0 Å². The second kappa shape index (κ2) is 5.93. The summed E-state index contributed by atoms with van der Waals surface area (Å²) in [5.74, 6) is 0.00382. The number of anilines is 1. The van der Waals surface area contributed by atoms with Gasteiger partial charge in [0.05, 0.1) is 6.04 Å². The summed E-state index contributed by atoms with van der Waals surface area (Å²) < 4.78 is 0. The average molecular weight is 282 g/mol. The number of hydrogen-bond donors (Lipinski definition) is 2. The van der Waals surface area contributed by atoms with Crippen molar-refractivity contribution in [3.8, 4) is 0 Å². The van der Waals surface area contributed by atoms with Gasteiger partial charge in [0, 0.05) is 30.2 Å². The highest BCUT2D eigenvalue weighted by molar-refractivity contribution is 6.30. The Morgan fingerprint density at radius 1 is 1.42 bits per heavy atom. The summed E-state index contributed by atoms with van der Waals surface area (Å²) in [4.78, 5) is 25.0. The summed E-state index contributed by atoms with van der Waals surface area (Å²) in [7, 11) is 0. The molecule has 0 aliphatic carbocycles. The lowest BCUT2D eigenvalue weighted by molar-refractivity contribution is -0.117. The number of hydrogen-bond acceptors (Lipinski definition) is 2. The number of halogens is 1. The fourth-order valence-corrected chi connectivity index (χ4v) is 2.20. The van der Waals surface area contributed by atoms with Crippen LogP contribution in [0.25, 0.3) is 0 Å². The van der Waals surface area contributed by atoms with E-state index in [1.165, 1.54) is 0 Å². The highest BCUT2D eigenvalue weighted by atomic mass is 35.5. The summed E-state index contributed by atoms with van der Waals surface area (Å²) in [5, 5.41) is 6.07. The largest absolute Gasteiger partial charge is 0.338 e. The topological polar surface area (TPSA) is 61.4 Å². The normalized spacial score (nSPS) is 18.5. The third-order valence-electron chi connectivity index (χ3n) is 2.94. The quantitative estimate of drug-likeness (QED) is 0.887. The molecular weight excluding hydrogens is 266 g/mol. The van der Waals surface area contributed by atoms with Crippen LogP contribution in [-0.2, 0) is 4.79 Å². The SMILES string of the molecule is CCNC(=O)N[C@@H]1CC(=O)N(c2ccc(Cl)cc2)C1. The fraction of sp³-hybridized carbons (Fsp3) is 0.385. The van der Waals surface area contributed by atoms with Crippen LogP contribution < -0.4 is 15.5 Å².